The number of rotatable bonds is 3. The molecule has 0 aliphatic rings. The standard InChI is InChI=1S/C12H9BrN4O/c13-12-9-4-2-1-3-8(9)5-6-10(12)18-7-11-14-16-17-15-11/h1-6H,7H2,(H,14,15,16,17). The number of fused-ring (bicyclic) bond motifs is 1. The third-order valence-corrected chi connectivity index (χ3v) is 3.39. The molecule has 1 heterocycles. The summed E-state index contributed by atoms with van der Waals surface area (Å²) in [6, 6.07) is 12.0. The number of aromatic nitrogens is 4. The number of benzene rings is 2. The number of hydrogen-bond acceptors (Lipinski definition) is 4. The van der Waals surface area contributed by atoms with Crippen molar-refractivity contribution in [2.24, 2.45) is 0 Å². The Morgan fingerprint density at radius 1 is 1.17 bits per heavy atom. The molecule has 2 aromatic carbocycles. The number of aromatic amines is 1. The Labute approximate surface area is 111 Å². The second kappa shape index (κ2) is 4.73. The van der Waals surface area contributed by atoms with E-state index < -0.39 is 0 Å². The highest BCUT2D eigenvalue weighted by Gasteiger charge is 2.07. The lowest BCUT2D eigenvalue weighted by Crippen LogP contribution is -1.98. The summed E-state index contributed by atoms with van der Waals surface area (Å²) in [5.74, 6) is 1.29. The van der Waals surface area contributed by atoms with Crippen molar-refractivity contribution in [1.82, 2.24) is 20.6 Å². The maximum absolute atomic E-state index is 5.66. The highest BCUT2D eigenvalue weighted by molar-refractivity contribution is 9.10. The van der Waals surface area contributed by atoms with E-state index in [0.717, 1.165) is 21.0 Å². The van der Waals surface area contributed by atoms with Crippen LogP contribution in [0.15, 0.2) is 40.9 Å². The smallest absolute Gasteiger partial charge is 0.211 e. The minimum Gasteiger partial charge on any atom is -0.484 e. The molecule has 5 nitrogen and oxygen atoms in total. The van der Waals surface area contributed by atoms with E-state index in [2.05, 4.69) is 42.6 Å². The summed E-state index contributed by atoms with van der Waals surface area (Å²) in [5.41, 5.74) is 0. The highest BCUT2D eigenvalue weighted by atomic mass is 79.9. The van der Waals surface area contributed by atoms with Crippen LogP contribution in [0.4, 0.5) is 0 Å². The van der Waals surface area contributed by atoms with Crippen LogP contribution in [0.1, 0.15) is 5.82 Å². The van der Waals surface area contributed by atoms with Gasteiger partial charge in [-0.1, -0.05) is 35.5 Å². The van der Waals surface area contributed by atoms with Crippen LogP contribution in [0.25, 0.3) is 10.8 Å². The van der Waals surface area contributed by atoms with E-state index in [1.165, 1.54) is 0 Å². The minimum atomic E-state index is 0.285. The van der Waals surface area contributed by atoms with Gasteiger partial charge in [-0.25, -0.2) is 0 Å². The summed E-state index contributed by atoms with van der Waals surface area (Å²) in [6.45, 7) is 0.285. The Morgan fingerprint density at radius 2 is 2.06 bits per heavy atom. The van der Waals surface area contributed by atoms with Crippen molar-refractivity contribution in [3.8, 4) is 5.75 Å². The van der Waals surface area contributed by atoms with Gasteiger partial charge in [0.2, 0.25) is 5.82 Å². The first-order valence-corrected chi connectivity index (χ1v) is 6.16. The fraction of sp³-hybridized carbons (Fsp3) is 0.0833. The zero-order valence-electron chi connectivity index (χ0n) is 9.30. The summed E-state index contributed by atoms with van der Waals surface area (Å²) in [5, 5.41) is 15.8. The van der Waals surface area contributed by atoms with Crippen LogP contribution < -0.4 is 4.74 Å². The van der Waals surface area contributed by atoms with Gasteiger partial charge in [0.05, 0.1) is 4.47 Å². The number of hydrogen-bond donors (Lipinski definition) is 1. The molecule has 0 amide bonds. The molecule has 0 unspecified atom stereocenters. The fourth-order valence-electron chi connectivity index (χ4n) is 1.71. The molecule has 1 aromatic heterocycles. The average molecular weight is 305 g/mol. The van der Waals surface area contributed by atoms with Gasteiger partial charge in [-0.2, -0.15) is 5.21 Å². The molecule has 0 aliphatic carbocycles. The first-order valence-electron chi connectivity index (χ1n) is 5.37. The topological polar surface area (TPSA) is 63.7 Å². The third-order valence-electron chi connectivity index (χ3n) is 2.57. The minimum absolute atomic E-state index is 0.285. The fourth-order valence-corrected chi connectivity index (χ4v) is 2.32. The molecule has 0 fully saturated rings. The van der Waals surface area contributed by atoms with Crippen molar-refractivity contribution < 1.29 is 4.74 Å². The van der Waals surface area contributed by atoms with Crippen LogP contribution >= 0.6 is 15.9 Å². The second-order valence-corrected chi connectivity index (χ2v) is 4.51. The molecule has 18 heavy (non-hydrogen) atoms. The molecule has 90 valence electrons. The lowest BCUT2D eigenvalue weighted by atomic mass is 10.1. The second-order valence-electron chi connectivity index (χ2n) is 3.72. The van der Waals surface area contributed by atoms with Gasteiger partial charge < -0.3 is 4.74 Å². The van der Waals surface area contributed by atoms with Crippen LogP contribution in [-0.4, -0.2) is 20.6 Å². The first kappa shape index (κ1) is 11.2. The van der Waals surface area contributed by atoms with Crippen LogP contribution in [0.5, 0.6) is 5.75 Å². The zero-order chi connectivity index (χ0) is 12.4. The van der Waals surface area contributed by atoms with E-state index in [9.17, 15) is 0 Å². The monoisotopic (exact) mass is 304 g/mol. The van der Waals surface area contributed by atoms with E-state index in [4.69, 9.17) is 4.74 Å². The Kier molecular flexibility index (Phi) is 2.93. The SMILES string of the molecule is Brc1c(OCc2nn[nH]n2)ccc2ccccc12. The van der Waals surface area contributed by atoms with Gasteiger partial charge in [-0.05, 0) is 32.8 Å². The maximum atomic E-state index is 5.66. The molecular weight excluding hydrogens is 296 g/mol. The van der Waals surface area contributed by atoms with Crippen LogP contribution in [0.3, 0.4) is 0 Å². The van der Waals surface area contributed by atoms with Crippen molar-refractivity contribution in [2.75, 3.05) is 0 Å². The summed E-state index contributed by atoms with van der Waals surface area (Å²) in [4.78, 5) is 0. The van der Waals surface area contributed by atoms with Gasteiger partial charge >= 0.3 is 0 Å². The molecule has 0 aliphatic heterocycles. The third kappa shape index (κ3) is 2.06. The Bertz CT molecular complexity index is 669. The molecular formula is C12H9BrN4O. The van der Waals surface area contributed by atoms with E-state index in [-0.39, 0.29) is 6.61 Å². The van der Waals surface area contributed by atoms with Gasteiger partial charge in [0.25, 0.3) is 0 Å². The van der Waals surface area contributed by atoms with Gasteiger partial charge in [-0.3, -0.25) is 0 Å². The predicted molar refractivity (Wildman–Crippen MR) is 70.2 cm³/mol. The van der Waals surface area contributed by atoms with Crippen molar-refractivity contribution in [2.45, 2.75) is 6.61 Å². The van der Waals surface area contributed by atoms with E-state index in [1.54, 1.807) is 0 Å². The van der Waals surface area contributed by atoms with Gasteiger partial charge in [0, 0.05) is 0 Å². The number of tetrazole rings is 1. The van der Waals surface area contributed by atoms with Gasteiger partial charge in [0.1, 0.15) is 5.75 Å². The first-order chi connectivity index (χ1) is 8.84. The average Bonchev–Trinajstić information content (AvgIpc) is 2.91. The molecule has 3 rings (SSSR count). The number of nitrogens with zero attached hydrogens (tertiary/aromatic N) is 3. The van der Waals surface area contributed by atoms with Crippen LogP contribution in [0.2, 0.25) is 0 Å². The molecule has 0 bridgehead atoms. The summed E-state index contributed by atoms with van der Waals surface area (Å²) in [6.07, 6.45) is 0. The van der Waals surface area contributed by atoms with Gasteiger partial charge in [0.15, 0.2) is 6.61 Å². The zero-order valence-corrected chi connectivity index (χ0v) is 10.9. The van der Waals surface area contributed by atoms with Crippen molar-refractivity contribution in [3.63, 3.8) is 0 Å². The maximum Gasteiger partial charge on any atom is 0.211 e. The van der Waals surface area contributed by atoms with E-state index in [1.807, 2.05) is 30.3 Å². The molecule has 6 heteroatoms. The Morgan fingerprint density at radius 3 is 2.89 bits per heavy atom. The van der Waals surface area contributed by atoms with E-state index in [0.29, 0.717) is 5.82 Å². The molecule has 0 spiro atoms. The van der Waals surface area contributed by atoms with Crippen molar-refractivity contribution >= 4 is 26.7 Å². The highest BCUT2D eigenvalue weighted by Crippen LogP contribution is 2.33. The number of ether oxygens (including phenoxy) is 1. The predicted octanol–water partition coefficient (Wildman–Crippen LogP) is 2.69. The Hall–Kier alpha value is -1.95. The van der Waals surface area contributed by atoms with Crippen LogP contribution in [0, 0.1) is 0 Å². The molecule has 0 saturated carbocycles. The lowest BCUT2D eigenvalue weighted by Gasteiger charge is -2.08. The van der Waals surface area contributed by atoms with Crippen molar-refractivity contribution in [1.29, 1.82) is 0 Å². The molecule has 1 N–H and O–H groups in total. The summed E-state index contributed by atoms with van der Waals surface area (Å²) in [7, 11) is 0. The number of halogens is 1. The number of nitrogens with one attached hydrogen (secondary N) is 1. The normalized spacial score (nSPS) is 10.7. The molecule has 0 saturated heterocycles. The Balaban J connectivity index is 1.90. The molecule has 0 radical (unpaired) electrons. The molecule has 3 aromatic rings. The molecule has 0 atom stereocenters. The summed E-state index contributed by atoms with van der Waals surface area (Å²) >= 11 is 3.56. The number of H-pyrrole nitrogens is 1. The lowest BCUT2D eigenvalue weighted by molar-refractivity contribution is 0.294. The largest absolute Gasteiger partial charge is 0.484 e. The quantitative estimate of drug-likeness (QED) is 0.808. The van der Waals surface area contributed by atoms with Crippen molar-refractivity contribution in [3.05, 3.63) is 46.7 Å². The summed E-state index contributed by atoms with van der Waals surface area (Å²) < 4.78 is 6.59. The van der Waals surface area contributed by atoms with Gasteiger partial charge in [-0.15, -0.1) is 10.2 Å². The van der Waals surface area contributed by atoms with Crippen LogP contribution in [-0.2, 0) is 6.61 Å². The van der Waals surface area contributed by atoms with E-state index >= 15 is 0 Å².